The molecule has 0 bridgehead atoms. The number of rotatable bonds is 10. The molecule has 0 aliphatic heterocycles. The van der Waals surface area contributed by atoms with Crippen LogP contribution in [0.15, 0.2) is 88.0 Å². The minimum atomic E-state index is -0.494. The van der Waals surface area contributed by atoms with E-state index >= 15 is 0 Å². The van der Waals surface area contributed by atoms with Gasteiger partial charge in [0.2, 0.25) is 5.91 Å². The highest BCUT2D eigenvalue weighted by Crippen LogP contribution is 2.37. The minimum Gasteiger partial charge on any atom is -0.462 e. The summed E-state index contributed by atoms with van der Waals surface area (Å²) in [5, 5.41) is 8.06. The summed E-state index contributed by atoms with van der Waals surface area (Å²) in [7, 11) is 0. The molecule has 0 unspecified atom stereocenters. The lowest BCUT2D eigenvalue weighted by Crippen LogP contribution is -2.23. The fraction of sp³-hybridized carbons (Fsp3) is 0.161. The Morgan fingerprint density at radius 1 is 1.05 bits per heavy atom. The van der Waals surface area contributed by atoms with Gasteiger partial charge in [-0.05, 0) is 25.0 Å². The van der Waals surface area contributed by atoms with Crippen LogP contribution < -0.4 is 10.9 Å². The highest BCUT2D eigenvalue weighted by Gasteiger charge is 2.23. The zero-order valence-corrected chi connectivity index (χ0v) is 25.0. The zero-order chi connectivity index (χ0) is 28.9. The van der Waals surface area contributed by atoms with E-state index in [-0.39, 0.29) is 30.4 Å². The quantitative estimate of drug-likeness (QED) is 0.0785. The van der Waals surface area contributed by atoms with Crippen LogP contribution in [-0.2, 0) is 16.1 Å². The number of hydrogen-bond donors (Lipinski definition) is 1. The van der Waals surface area contributed by atoms with Crippen LogP contribution in [0, 0.1) is 6.92 Å². The maximum Gasteiger partial charge on any atom is 0.341 e. The minimum absolute atomic E-state index is 0.00790. The van der Waals surface area contributed by atoms with Gasteiger partial charge in [0, 0.05) is 28.4 Å². The third-order valence-corrected chi connectivity index (χ3v) is 9.02. The lowest BCUT2D eigenvalue weighted by atomic mass is 10.0. The van der Waals surface area contributed by atoms with Gasteiger partial charge in [0.05, 0.1) is 17.7 Å². The average Bonchev–Trinajstić information content (AvgIpc) is 3.59. The number of nitrogens with one attached hydrogen (secondary N) is 1. The molecule has 0 saturated carbocycles. The number of carbonyl (C=O) groups is 2. The summed E-state index contributed by atoms with van der Waals surface area (Å²) in [5.74, 6) is -0.828. The van der Waals surface area contributed by atoms with Gasteiger partial charge in [-0.25, -0.2) is 9.78 Å². The van der Waals surface area contributed by atoms with E-state index in [2.05, 4.69) is 11.9 Å². The SMILES string of the molecule is C=CCn1c(SCC(=O)Nc2scc(-c3ccc(C)cc3)c2C(=O)OCC)nc2scc(-c3ccccc3)c2c1=O. The van der Waals surface area contributed by atoms with Crippen molar-refractivity contribution >= 4 is 61.5 Å². The first-order valence-electron chi connectivity index (χ1n) is 12.9. The second-order valence-electron chi connectivity index (χ2n) is 9.07. The van der Waals surface area contributed by atoms with E-state index in [0.717, 1.165) is 34.0 Å². The van der Waals surface area contributed by atoms with Crippen LogP contribution in [0.3, 0.4) is 0 Å². The maximum atomic E-state index is 13.6. The number of anilines is 1. The average molecular weight is 602 g/mol. The van der Waals surface area contributed by atoms with E-state index in [0.29, 0.717) is 31.5 Å². The van der Waals surface area contributed by atoms with Crippen molar-refractivity contribution in [3.63, 3.8) is 0 Å². The smallest absolute Gasteiger partial charge is 0.341 e. The predicted octanol–water partition coefficient (Wildman–Crippen LogP) is 7.26. The van der Waals surface area contributed by atoms with E-state index in [9.17, 15) is 14.4 Å². The van der Waals surface area contributed by atoms with Crippen LogP contribution in [-0.4, -0.2) is 33.8 Å². The van der Waals surface area contributed by atoms with E-state index in [4.69, 9.17) is 9.72 Å². The Balaban J connectivity index is 1.41. The first-order valence-corrected chi connectivity index (χ1v) is 15.6. The lowest BCUT2D eigenvalue weighted by Gasteiger charge is -2.11. The second-order valence-corrected chi connectivity index (χ2v) is 11.8. The molecule has 0 aliphatic rings. The van der Waals surface area contributed by atoms with E-state index in [1.165, 1.54) is 27.2 Å². The first kappa shape index (κ1) is 28.5. The third-order valence-electron chi connectivity index (χ3n) is 6.27. The van der Waals surface area contributed by atoms with Crippen molar-refractivity contribution in [2.75, 3.05) is 17.7 Å². The number of esters is 1. The molecule has 5 rings (SSSR count). The monoisotopic (exact) mass is 601 g/mol. The highest BCUT2D eigenvalue weighted by atomic mass is 32.2. The largest absolute Gasteiger partial charge is 0.462 e. The Morgan fingerprint density at radius 3 is 2.46 bits per heavy atom. The summed E-state index contributed by atoms with van der Waals surface area (Å²) < 4.78 is 6.85. The number of nitrogens with zero attached hydrogens (tertiary/aromatic N) is 2. The Labute approximate surface area is 249 Å². The van der Waals surface area contributed by atoms with E-state index < -0.39 is 5.97 Å². The molecule has 1 amide bonds. The molecule has 0 spiro atoms. The van der Waals surface area contributed by atoms with Crippen LogP contribution in [0.25, 0.3) is 32.5 Å². The van der Waals surface area contributed by atoms with Gasteiger partial charge in [-0.15, -0.1) is 29.3 Å². The fourth-order valence-corrected chi connectivity index (χ4v) is 7.10. The number of thioether (sulfide) groups is 1. The number of hydrogen-bond acceptors (Lipinski definition) is 8. The summed E-state index contributed by atoms with van der Waals surface area (Å²) in [6.45, 7) is 8.01. The van der Waals surface area contributed by atoms with Gasteiger partial charge in [-0.2, -0.15) is 0 Å². The molecule has 3 heterocycles. The molecule has 3 aromatic heterocycles. The second kappa shape index (κ2) is 12.7. The summed E-state index contributed by atoms with van der Waals surface area (Å²) in [5.41, 5.74) is 4.60. The molecule has 10 heteroatoms. The molecular formula is C31H27N3O4S3. The zero-order valence-electron chi connectivity index (χ0n) is 22.5. The number of carbonyl (C=O) groups excluding carboxylic acids is 2. The Hall–Kier alpha value is -3.99. The molecule has 0 fully saturated rings. The Bertz CT molecular complexity index is 1790. The first-order chi connectivity index (χ1) is 19.9. The van der Waals surface area contributed by atoms with Crippen molar-refractivity contribution in [2.45, 2.75) is 25.5 Å². The predicted molar refractivity (Wildman–Crippen MR) is 169 cm³/mol. The number of aromatic nitrogens is 2. The van der Waals surface area contributed by atoms with Gasteiger partial charge >= 0.3 is 5.97 Å². The van der Waals surface area contributed by atoms with Crippen molar-refractivity contribution in [3.05, 3.63) is 99.5 Å². The van der Waals surface area contributed by atoms with E-state index in [1.807, 2.05) is 72.3 Å². The summed E-state index contributed by atoms with van der Waals surface area (Å²) >= 11 is 3.83. The van der Waals surface area contributed by atoms with Crippen molar-refractivity contribution in [2.24, 2.45) is 0 Å². The number of amides is 1. The van der Waals surface area contributed by atoms with Crippen LogP contribution in [0.1, 0.15) is 22.8 Å². The van der Waals surface area contributed by atoms with Gasteiger partial charge in [-0.3, -0.25) is 14.2 Å². The molecule has 0 aliphatic carbocycles. The number of fused-ring (bicyclic) bond motifs is 1. The molecule has 208 valence electrons. The van der Waals surface area contributed by atoms with Crippen LogP contribution >= 0.6 is 34.4 Å². The number of allylic oxidation sites excluding steroid dienone is 1. The number of ether oxygens (including phenoxy) is 1. The normalized spacial score (nSPS) is 11.0. The lowest BCUT2D eigenvalue weighted by molar-refractivity contribution is -0.113. The molecule has 5 aromatic rings. The molecule has 0 saturated heterocycles. The van der Waals surface area contributed by atoms with E-state index in [1.54, 1.807) is 13.0 Å². The molecule has 41 heavy (non-hydrogen) atoms. The van der Waals surface area contributed by atoms with Crippen molar-refractivity contribution in [1.82, 2.24) is 9.55 Å². The number of thiophene rings is 2. The molecule has 0 radical (unpaired) electrons. The Kier molecular flexibility index (Phi) is 8.82. The van der Waals surface area contributed by atoms with Gasteiger partial charge in [0.15, 0.2) is 5.16 Å². The van der Waals surface area contributed by atoms with Gasteiger partial charge in [-0.1, -0.05) is 78.0 Å². The summed E-state index contributed by atoms with van der Waals surface area (Å²) in [6.07, 6.45) is 1.64. The van der Waals surface area contributed by atoms with Gasteiger partial charge in [0.25, 0.3) is 5.56 Å². The molecule has 1 N–H and O–H groups in total. The molecule has 2 aromatic carbocycles. The molecule has 0 atom stereocenters. The third kappa shape index (κ3) is 6.04. The number of aryl methyl sites for hydroxylation is 1. The fourth-order valence-electron chi connectivity index (χ4n) is 4.33. The van der Waals surface area contributed by atoms with Crippen molar-refractivity contribution < 1.29 is 14.3 Å². The molecular weight excluding hydrogens is 575 g/mol. The van der Waals surface area contributed by atoms with Crippen LogP contribution in [0.2, 0.25) is 0 Å². The van der Waals surface area contributed by atoms with Crippen molar-refractivity contribution in [1.29, 1.82) is 0 Å². The highest BCUT2D eigenvalue weighted by molar-refractivity contribution is 7.99. The summed E-state index contributed by atoms with van der Waals surface area (Å²) in [4.78, 5) is 45.0. The number of benzene rings is 2. The van der Waals surface area contributed by atoms with Gasteiger partial charge in [0.1, 0.15) is 15.4 Å². The summed E-state index contributed by atoms with van der Waals surface area (Å²) in [6, 6.07) is 17.5. The van der Waals surface area contributed by atoms with Gasteiger partial charge < -0.3 is 10.1 Å². The van der Waals surface area contributed by atoms with Crippen LogP contribution in [0.5, 0.6) is 0 Å². The molecule has 7 nitrogen and oxygen atoms in total. The van der Waals surface area contributed by atoms with Crippen LogP contribution in [0.4, 0.5) is 5.00 Å². The Morgan fingerprint density at radius 2 is 1.76 bits per heavy atom. The topological polar surface area (TPSA) is 90.3 Å². The van der Waals surface area contributed by atoms with Crippen molar-refractivity contribution in [3.8, 4) is 22.3 Å². The standard InChI is InChI=1S/C31H27N3O4S3/c1-4-15-34-29(36)25-22(20-9-7-6-8-10-20)16-39-27(25)33-31(34)41-18-24(35)32-28-26(30(37)38-5-2)23(17-40-28)21-13-11-19(3)12-14-21/h4,6-14,16-17H,1,5,15,18H2,2-3H3,(H,32,35). The maximum absolute atomic E-state index is 13.6.